The number of nitrogens with zero attached hydrogens (tertiary/aromatic N) is 1. The number of anilines is 1. The van der Waals surface area contributed by atoms with Gasteiger partial charge in [0.1, 0.15) is 12.3 Å². The second kappa shape index (κ2) is 8.82. The monoisotopic (exact) mass is 430 g/mol. The van der Waals surface area contributed by atoms with E-state index in [1.54, 1.807) is 20.1 Å². The molecule has 0 unspecified atom stereocenters. The first-order chi connectivity index (χ1) is 12.6. The van der Waals surface area contributed by atoms with Crippen LogP contribution >= 0.6 is 23.2 Å². The summed E-state index contributed by atoms with van der Waals surface area (Å²) >= 11 is 11.9. The molecule has 1 atom stereocenters. The molecule has 0 heterocycles. The lowest BCUT2D eigenvalue weighted by Crippen LogP contribution is -2.41. The second-order valence-corrected chi connectivity index (χ2v) is 8.62. The summed E-state index contributed by atoms with van der Waals surface area (Å²) in [6, 6.07) is 11.3. The van der Waals surface area contributed by atoms with Gasteiger partial charge in [-0.05, 0) is 31.2 Å². The van der Waals surface area contributed by atoms with E-state index in [2.05, 4.69) is 5.32 Å². The van der Waals surface area contributed by atoms with Crippen molar-refractivity contribution in [1.29, 1.82) is 0 Å². The number of amides is 1. The highest BCUT2D eigenvalue weighted by atomic mass is 35.5. The van der Waals surface area contributed by atoms with Crippen molar-refractivity contribution in [2.45, 2.75) is 13.0 Å². The van der Waals surface area contributed by atoms with Gasteiger partial charge < -0.3 is 10.1 Å². The van der Waals surface area contributed by atoms with Crippen LogP contribution < -0.4 is 14.4 Å². The maximum Gasteiger partial charge on any atom is 0.241 e. The molecule has 1 amide bonds. The number of sulfonamides is 1. The minimum atomic E-state index is -3.71. The molecule has 0 radical (unpaired) electrons. The van der Waals surface area contributed by atoms with Crippen molar-refractivity contribution < 1.29 is 17.9 Å². The number of rotatable bonds is 7. The van der Waals surface area contributed by atoms with Crippen LogP contribution in [0.1, 0.15) is 18.5 Å². The number of ether oxygens (including phenoxy) is 1. The van der Waals surface area contributed by atoms with Gasteiger partial charge in [0.2, 0.25) is 15.9 Å². The lowest BCUT2D eigenvalue weighted by molar-refractivity contribution is -0.120. The van der Waals surface area contributed by atoms with Crippen LogP contribution in [0.3, 0.4) is 0 Å². The molecule has 0 aliphatic rings. The van der Waals surface area contributed by atoms with Gasteiger partial charge in [0.25, 0.3) is 0 Å². The Kier molecular flexibility index (Phi) is 6.97. The largest absolute Gasteiger partial charge is 0.496 e. The molecular formula is C18H20Cl2N2O4S. The second-order valence-electron chi connectivity index (χ2n) is 5.90. The molecule has 9 heteroatoms. The molecular weight excluding hydrogens is 411 g/mol. The molecule has 0 saturated carbocycles. The van der Waals surface area contributed by atoms with Gasteiger partial charge in [0, 0.05) is 5.56 Å². The minimum Gasteiger partial charge on any atom is -0.496 e. The number of carbonyl (C=O) groups excluding carboxylic acids is 1. The Bertz CT molecular complexity index is 935. The van der Waals surface area contributed by atoms with E-state index in [0.717, 1.165) is 16.1 Å². The zero-order valence-electron chi connectivity index (χ0n) is 15.1. The molecule has 0 fully saturated rings. The fourth-order valence-electron chi connectivity index (χ4n) is 2.56. The van der Waals surface area contributed by atoms with Gasteiger partial charge in [-0.1, -0.05) is 41.4 Å². The van der Waals surface area contributed by atoms with E-state index >= 15 is 0 Å². The average molecular weight is 431 g/mol. The topological polar surface area (TPSA) is 75.7 Å². The fourth-order valence-corrected chi connectivity index (χ4v) is 3.70. The molecule has 1 N–H and O–H groups in total. The number of carbonyl (C=O) groups is 1. The summed E-state index contributed by atoms with van der Waals surface area (Å²) in [5.74, 6) is 0.166. The summed E-state index contributed by atoms with van der Waals surface area (Å²) in [6.07, 6.45) is 1.02. The Hall–Kier alpha value is -1.96. The SMILES string of the molecule is COc1ccccc1[C@H](C)NC(=O)CN(c1ccc(Cl)c(Cl)c1)S(C)(=O)=O. The van der Waals surface area contributed by atoms with Crippen LogP contribution in [-0.2, 0) is 14.8 Å². The van der Waals surface area contributed by atoms with Crippen LogP contribution in [0.4, 0.5) is 5.69 Å². The van der Waals surface area contributed by atoms with Crippen LogP contribution in [0.5, 0.6) is 5.75 Å². The summed E-state index contributed by atoms with van der Waals surface area (Å²) < 4.78 is 30.6. The normalized spacial score (nSPS) is 12.3. The van der Waals surface area contributed by atoms with Crippen LogP contribution in [0.2, 0.25) is 10.0 Å². The van der Waals surface area contributed by atoms with Gasteiger partial charge in [-0.15, -0.1) is 0 Å². The highest BCUT2D eigenvalue weighted by molar-refractivity contribution is 7.92. The van der Waals surface area contributed by atoms with Crippen molar-refractivity contribution in [1.82, 2.24) is 5.32 Å². The van der Waals surface area contributed by atoms with Gasteiger partial charge in [0.05, 0.1) is 35.1 Å². The van der Waals surface area contributed by atoms with E-state index in [9.17, 15) is 13.2 Å². The lowest BCUT2D eigenvalue weighted by Gasteiger charge is -2.24. The smallest absolute Gasteiger partial charge is 0.241 e. The number of nitrogens with one attached hydrogen (secondary N) is 1. The van der Waals surface area contributed by atoms with Gasteiger partial charge >= 0.3 is 0 Å². The molecule has 27 heavy (non-hydrogen) atoms. The maximum atomic E-state index is 12.5. The number of para-hydroxylation sites is 1. The molecule has 146 valence electrons. The third kappa shape index (κ3) is 5.51. The fraction of sp³-hybridized carbons (Fsp3) is 0.278. The van der Waals surface area contributed by atoms with E-state index in [-0.39, 0.29) is 16.8 Å². The van der Waals surface area contributed by atoms with Crippen LogP contribution in [0.15, 0.2) is 42.5 Å². The van der Waals surface area contributed by atoms with E-state index in [1.807, 2.05) is 18.2 Å². The first-order valence-corrected chi connectivity index (χ1v) is 10.6. The Morgan fingerprint density at radius 2 is 1.85 bits per heavy atom. The predicted molar refractivity (Wildman–Crippen MR) is 108 cm³/mol. The molecule has 0 aliphatic carbocycles. The third-order valence-corrected chi connectivity index (χ3v) is 5.74. The number of hydrogen-bond donors (Lipinski definition) is 1. The first-order valence-electron chi connectivity index (χ1n) is 7.98. The van der Waals surface area contributed by atoms with Crippen molar-refractivity contribution >= 4 is 44.8 Å². The van der Waals surface area contributed by atoms with E-state index in [4.69, 9.17) is 27.9 Å². The number of hydrogen-bond acceptors (Lipinski definition) is 4. The Morgan fingerprint density at radius 3 is 2.44 bits per heavy atom. The first kappa shape index (κ1) is 21.3. The molecule has 2 rings (SSSR count). The van der Waals surface area contributed by atoms with Crippen LogP contribution in [0, 0.1) is 0 Å². The highest BCUT2D eigenvalue weighted by Gasteiger charge is 2.23. The van der Waals surface area contributed by atoms with Crippen molar-refractivity contribution in [3.05, 3.63) is 58.1 Å². The van der Waals surface area contributed by atoms with Crippen molar-refractivity contribution in [3.8, 4) is 5.75 Å². The van der Waals surface area contributed by atoms with Crippen LogP contribution in [-0.4, -0.2) is 34.2 Å². The Morgan fingerprint density at radius 1 is 1.19 bits per heavy atom. The minimum absolute atomic E-state index is 0.200. The molecule has 2 aromatic rings. The number of halogens is 2. The van der Waals surface area contributed by atoms with Crippen LogP contribution in [0.25, 0.3) is 0 Å². The van der Waals surface area contributed by atoms with Gasteiger partial charge in [-0.25, -0.2) is 8.42 Å². The lowest BCUT2D eigenvalue weighted by atomic mass is 10.1. The summed E-state index contributed by atoms with van der Waals surface area (Å²) in [7, 11) is -2.17. The third-order valence-electron chi connectivity index (χ3n) is 3.86. The summed E-state index contributed by atoms with van der Waals surface area (Å²) in [4.78, 5) is 12.5. The number of methoxy groups -OCH3 is 1. The van der Waals surface area contributed by atoms with Gasteiger partial charge in [-0.3, -0.25) is 9.10 Å². The molecule has 6 nitrogen and oxygen atoms in total. The highest BCUT2D eigenvalue weighted by Crippen LogP contribution is 2.28. The van der Waals surface area contributed by atoms with Crippen molar-refractivity contribution in [2.75, 3.05) is 24.2 Å². The molecule has 0 saturated heterocycles. The van der Waals surface area contributed by atoms with Gasteiger partial charge in [0.15, 0.2) is 0 Å². The standard InChI is InChI=1S/C18H20Cl2N2O4S/c1-12(14-6-4-5-7-17(14)26-2)21-18(23)11-22(27(3,24)25)13-8-9-15(19)16(20)10-13/h4-10,12H,11H2,1-3H3,(H,21,23)/t12-/m0/s1. The quantitative estimate of drug-likeness (QED) is 0.726. The molecule has 2 aromatic carbocycles. The maximum absolute atomic E-state index is 12.5. The van der Waals surface area contributed by atoms with E-state index < -0.39 is 22.5 Å². The summed E-state index contributed by atoms with van der Waals surface area (Å²) in [5.41, 5.74) is 1.04. The van der Waals surface area contributed by atoms with Gasteiger partial charge in [-0.2, -0.15) is 0 Å². The zero-order valence-corrected chi connectivity index (χ0v) is 17.4. The van der Waals surface area contributed by atoms with Crippen molar-refractivity contribution in [2.24, 2.45) is 0 Å². The zero-order chi connectivity index (χ0) is 20.2. The van der Waals surface area contributed by atoms with E-state index in [0.29, 0.717) is 10.8 Å². The Labute approximate surface area is 169 Å². The summed E-state index contributed by atoms with van der Waals surface area (Å²) in [6.45, 7) is 1.40. The molecule has 0 aliphatic heterocycles. The Balaban J connectivity index is 2.20. The average Bonchev–Trinajstić information content (AvgIpc) is 2.61. The molecule has 0 aromatic heterocycles. The predicted octanol–water partition coefficient (Wildman–Crippen LogP) is 3.65. The van der Waals surface area contributed by atoms with E-state index in [1.165, 1.54) is 18.2 Å². The van der Waals surface area contributed by atoms with Crippen molar-refractivity contribution in [3.63, 3.8) is 0 Å². The summed E-state index contributed by atoms with van der Waals surface area (Å²) in [5, 5.41) is 3.28. The molecule has 0 bridgehead atoms. The molecule has 0 spiro atoms. The number of benzene rings is 2.